The summed E-state index contributed by atoms with van der Waals surface area (Å²) in [6.07, 6.45) is 9.11. The van der Waals surface area contributed by atoms with E-state index in [1.165, 1.54) is 58.0 Å². The highest BCUT2D eigenvalue weighted by atomic mass is 15.1. The summed E-state index contributed by atoms with van der Waals surface area (Å²) in [5.41, 5.74) is 5.98. The van der Waals surface area contributed by atoms with Crippen molar-refractivity contribution in [3.05, 3.63) is 0 Å². The molecule has 0 aromatic carbocycles. The van der Waals surface area contributed by atoms with Gasteiger partial charge in [0.15, 0.2) is 0 Å². The highest BCUT2D eigenvalue weighted by molar-refractivity contribution is 4.78. The van der Waals surface area contributed by atoms with Gasteiger partial charge in [-0.15, -0.1) is 0 Å². The third-order valence-corrected chi connectivity index (χ3v) is 4.40. The van der Waals surface area contributed by atoms with Crippen LogP contribution >= 0.6 is 0 Å². The van der Waals surface area contributed by atoms with Gasteiger partial charge in [-0.3, -0.25) is 0 Å². The zero-order valence-electron chi connectivity index (χ0n) is 12.1. The van der Waals surface area contributed by atoms with E-state index in [2.05, 4.69) is 25.7 Å². The van der Waals surface area contributed by atoms with Crippen LogP contribution in [0, 0.1) is 5.92 Å². The molecule has 0 saturated heterocycles. The first kappa shape index (κ1) is 15.0. The summed E-state index contributed by atoms with van der Waals surface area (Å²) in [5, 5.41) is 0. The van der Waals surface area contributed by atoms with Crippen molar-refractivity contribution >= 4 is 0 Å². The zero-order valence-corrected chi connectivity index (χ0v) is 12.1. The monoisotopic (exact) mass is 240 g/mol. The Kier molecular flexibility index (Phi) is 7.14. The number of hydrogen-bond acceptors (Lipinski definition) is 2. The summed E-state index contributed by atoms with van der Waals surface area (Å²) in [5.74, 6) is 0.903. The van der Waals surface area contributed by atoms with Crippen molar-refractivity contribution in [3.8, 4) is 0 Å². The molecule has 1 fully saturated rings. The topological polar surface area (TPSA) is 29.3 Å². The maximum Gasteiger partial charge on any atom is 0.00644 e. The van der Waals surface area contributed by atoms with Crippen molar-refractivity contribution in [2.24, 2.45) is 11.7 Å². The number of hydrogen-bond donors (Lipinski definition) is 1. The lowest BCUT2D eigenvalue weighted by Crippen LogP contribution is -2.39. The second kappa shape index (κ2) is 8.10. The Hall–Kier alpha value is -0.0800. The van der Waals surface area contributed by atoms with Crippen LogP contribution in [0.5, 0.6) is 0 Å². The van der Waals surface area contributed by atoms with Crippen LogP contribution in [0.3, 0.4) is 0 Å². The van der Waals surface area contributed by atoms with E-state index in [1.54, 1.807) is 0 Å². The molecule has 1 rings (SSSR count). The van der Waals surface area contributed by atoms with Gasteiger partial charge >= 0.3 is 0 Å². The fourth-order valence-corrected chi connectivity index (χ4v) is 2.81. The lowest BCUT2D eigenvalue weighted by Gasteiger charge is -2.34. The Bertz CT molecular complexity index is 185. The largest absolute Gasteiger partial charge is 0.328 e. The van der Waals surface area contributed by atoms with Gasteiger partial charge in [-0.05, 0) is 57.9 Å². The van der Waals surface area contributed by atoms with E-state index < -0.39 is 0 Å². The average Bonchev–Trinajstić information content (AvgIpc) is 2.36. The van der Waals surface area contributed by atoms with E-state index in [4.69, 9.17) is 5.73 Å². The molecule has 0 amide bonds. The van der Waals surface area contributed by atoms with E-state index in [0.29, 0.717) is 6.04 Å². The van der Waals surface area contributed by atoms with Crippen LogP contribution in [0.15, 0.2) is 0 Å². The van der Waals surface area contributed by atoms with Crippen LogP contribution in [0.2, 0.25) is 0 Å². The van der Waals surface area contributed by atoms with Gasteiger partial charge in [-0.2, -0.15) is 0 Å². The highest BCUT2D eigenvalue weighted by Gasteiger charge is 2.22. The first-order valence-electron chi connectivity index (χ1n) is 7.67. The maximum absolute atomic E-state index is 5.98. The first-order chi connectivity index (χ1) is 8.17. The summed E-state index contributed by atoms with van der Waals surface area (Å²) in [7, 11) is 0. The van der Waals surface area contributed by atoms with Gasteiger partial charge in [0, 0.05) is 18.6 Å². The molecular weight excluding hydrogens is 208 g/mol. The van der Waals surface area contributed by atoms with Crippen molar-refractivity contribution in [1.82, 2.24) is 4.90 Å². The van der Waals surface area contributed by atoms with Crippen molar-refractivity contribution in [2.45, 2.75) is 77.8 Å². The number of unbranched alkanes of at least 4 members (excludes halogenated alkanes) is 1. The predicted octanol–water partition coefficient (Wildman–Crippen LogP) is 3.40. The quantitative estimate of drug-likeness (QED) is 0.739. The molecule has 0 bridgehead atoms. The fourth-order valence-electron chi connectivity index (χ4n) is 2.81. The predicted molar refractivity (Wildman–Crippen MR) is 76.2 cm³/mol. The fraction of sp³-hybridized carbons (Fsp3) is 1.00. The molecule has 1 atom stereocenters. The van der Waals surface area contributed by atoms with Gasteiger partial charge in [0.05, 0.1) is 0 Å². The van der Waals surface area contributed by atoms with Crippen molar-refractivity contribution in [1.29, 1.82) is 0 Å². The number of nitrogens with zero attached hydrogens (tertiary/aromatic N) is 1. The summed E-state index contributed by atoms with van der Waals surface area (Å²) >= 11 is 0. The Morgan fingerprint density at radius 3 is 2.35 bits per heavy atom. The molecule has 0 aromatic rings. The standard InChI is InChI=1S/C15H32N2/c1-4-6-11-17(13(3)5-2)12-14-7-9-15(16)10-8-14/h13-15H,4-12,16H2,1-3H3. The van der Waals surface area contributed by atoms with Gasteiger partial charge in [0.1, 0.15) is 0 Å². The van der Waals surface area contributed by atoms with E-state index in [-0.39, 0.29) is 0 Å². The molecule has 1 aliphatic carbocycles. The van der Waals surface area contributed by atoms with E-state index in [0.717, 1.165) is 12.0 Å². The van der Waals surface area contributed by atoms with Crippen LogP contribution < -0.4 is 5.73 Å². The Labute approximate surface area is 108 Å². The van der Waals surface area contributed by atoms with Crippen molar-refractivity contribution in [2.75, 3.05) is 13.1 Å². The van der Waals surface area contributed by atoms with Crippen LogP contribution in [-0.4, -0.2) is 30.1 Å². The molecule has 1 aliphatic rings. The normalized spacial score (nSPS) is 27.4. The van der Waals surface area contributed by atoms with Crippen LogP contribution in [0.4, 0.5) is 0 Å². The molecular formula is C15H32N2. The molecule has 2 N–H and O–H groups in total. The molecule has 0 aromatic heterocycles. The molecule has 1 saturated carbocycles. The highest BCUT2D eigenvalue weighted by Crippen LogP contribution is 2.25. The summed E-state index contributed by atoms with van der Waals surface area (Å²) in [6.45, 7) is 9.56. The Morgan fingerprint density at radius 2 is 1.82 bits per heavy atom. The molecule has 2 nitrogen and oxygen atoms in total. The molecule has 0 radical (unpaired) electrons. The summed E-state index contributed by atoms with van der Waals surface area (Å²) in [6, 6.07) is 1.23. The zero-order chi connectivity index (χ0) is 12.7. The molecule has 2 heteroatoms. The number of rotatable bonds is 7. The SMILES string of the molecule is CCCCN(CC1CCC(N)CC1)C(C)CC. The minimum atomic E-state index is 0.485. The lowest BCUT2D eigenvalue weighted by atomic mass is 9.86. The minimum absolute atomic E-state index is 0.485. The van der Waals surface area contributed by atoms with E-state index in [9.17, 15) is 0 Å². The Morgan fingerprint density at radius 1 is 1.18 bits per heavy atom. The first-order valence-corrected chi connectivity index (χ1v) is 7.67. The van der Waals surface area contributed by atoms with Gasteiger partial charge < -0.3 is 10.6 Å². The second-order valence-electron chi connectivity index (χ2n) is 5.89. The maximum atomic E-state index is 5.98. The van der Waals surface area contributed by atoms with E-state index in [1.807, 2.05) is 0 Å². The molecule has 1 unspecified atom stereocenters. The summed E-state index contributed by atoms with van der Waals surface area (Å²) in [4.78, 5) is 2.71. The van der Waals surface area contributed by atoms with Crippen molar-refractivity contribution < 1.29 is 0 Å². The number of nitrogens with two attached hydrogens (primary N) is 1. The van der Waals surface area contributed by atoms with Gasteiger partial charge in [-0.25, -0.2) is 0 Å². The smallest absolute Gasteiger partial charge is 0.00644 e. The van der Waals surface area contributed by atoms with Crippen LogP contribution in [-0.2, 0) is 0 Å². The van der Waals surface area contributed by atoms with Crippen molar-refractivity contribution in [3.63, 3.8) is 0 Å². The second-order valence-corrected chi connectivity index (χ2v) is 5.89. The molecule has 0 aliphatic heterocycles. The molecule has 17 heavy (non-hydrogen) atoms. The van der Waals surface area contributed by atoms with Crippen LogP contribution in [0.25, 0.3) is 0 Å². The minimum Gasteiger partial charge on any atom is -0.328 e. The average molecular weight is 240 g/mol. The Balaban J connectivity index is 2.36. The van der Waals surface area contributed by atoms with E-state index >= 15 is 0 Å². The molecule has 0 spiro atoms. The molecule has 0 heterocycles. The third kappa shape index (κ3) is 5.39. The van der Waals surface area contributed by atoms with Crippen LogP contribution in [0.1, 0.15) is 65.7 Å². The summed E-state index contributed by atoms with van der Waals surface area (Å²) < 4.78 is 0. The van der Waals surface area contributed by atoms with Gasteiger partial charge in [0.2, 0.25) is 0 Å². The van der Waals surface area contributed by atoms with Gasteiger partial charge in [-0.1, -0.05) is 20.3 Å². The van der Waals surface area contributed by atoms with Gasteiger partial charge in [0.25, 0.3) is 0 Å². The molecule has 102 valence electrons. The third-order valence-electron chi connectivity index (χ3n) is 4.40. The lowest BCUT2D eigenvalue weighted by molar-refractivity contribution is 0.148.